The maximum Gasteiger partial charge on any atom is 0.339 e. The van der Waals surface area contributed by atoms with Crippen LogP contribution in [0.2, 0.25) is 0 Å². The summed E-state index contributed by atoms with van der Waals surface area (Å²) in [5.41, 5.74) is 1.67. The summed E-state index contributed by atoms with van der Waals surface area (Å²) in [7, 11) is 0. The van der Waals surface area contributed by atoms with Gasteiger partial charge in [0.2, 0.25) is 5.91 Å². The molecule has 3 aromatic rings. The van der Waals surface area contributed by atoms with Crippen molar-refractivity contribution in [2.45, 2.75) is 12.8 Å². The number of carbonyl (C=O) groups excluding carboxylic acids is 3. The lowest BCUT2D eigenvalue weighted by Crippen LogP contribution is -2.23. The summed E-state index contributed by atoms with van der Waals surface area (Å²) in [5.74, 6) is -0.708. The van der Waals surface area contributed by atoms with E-state index in [0.717, 1.165) is 22.9 Å². The zero-order chi connectivity index (χ0) is 19.5. The number of Topliss-reactive ketones (excluding diaryl/α,β-unsaturated/α-hetero) is 1. The molecule has 1 aliphatic rings. The zero-order valence-electron chi connectivity index (χ0n) is 15.3. The summed E-state index contributed by atoms with van der Waals surface area (Å²) in [5, 5.41) is 1.73. The molecule has 0 N–H and O–H groups in total. The lowest BCUT2D eigenvalue weighted by molar-refractivity contribution is -0.117. The number of esters is 1. The number of carbonyl (C=O) groups is 3. The second kappa shape index (κ2) is 7.64. The van der Waals surface area contributed by atoms with Crippen LogP contribution in [-0.2, 0) is 9.53 Å². The predicted octanol–water partition coefficient (Wildman–Crippen LogP) is 4.01. The van der Waals surface area contributed by atoms with E-state index in [1.807, 2.05) is 30.3 Å². The summed E-state index contributed by atoms with van der Waals surface area (Å²) in [4.78, 5) is 38.3. The Hall–Kier alpha value is -3.47. The third kappa shape index (κ3) is 3.51. The van der Waals surface area contributed by atoms with Crippen LogP contribution in [0.4, 0.5) is 5.69 Å². The van der Waals surface area contributed by atoms with E-state index in [0.29, 0.717) is 24.1 Å². The van der Waals surface area contributed by atoms with E-state index < -0.39 is 5.97 Å². The van der Waals surface area contributed by atoms with Gasteiger partial charge >= 0.3 is 5.97 Å². The van der Waals surface area contributed by atoms with E-state index >= 15 is 0 Å². The molecule has 0 radical (unpaired) electrons. The molecule has 3 aromatic carbocycles. The number of amides is 1. The highest BCUT2D eigenvalue weighted by Crippen LogP contribution is 2.22. The molecule has 0 saturated carbocycles. The van der Waals surface area contributed by atoms with Crippen LogP contribution in [0.25, 0.3) is 10.8 Å². The van der Waals surface area contributed by atoms with E-state index in [1.165, 1.54) is 0 Å². The molecular formula is C23H19NO4. The van der Waals surface area contributed by atoms with Crippen molar-refractivity contribution in [3.63, 3.8) is 0 Å². The monoisotopic (exact) mass is 373 g/mol. The van der Waals surface area contributed by atoms with E-state index in [-0.39, 0.29) is 18.3 Å². The van der Waals surface area contributed by atoms with Gasteiger partial charge in [0.1, 0.15) is 0 Å². The van der Waals surface area contributed by atoms with Crippen molar-refractivity contribution in [2.24, 2.45) is 0 Å². The van der Waals surface area contributed by atoms with Crippen LogP contribution in [0.3, 0.4) is 0 Å². The normalized spacial score (nSPS) is 13.7. The van der Waals surface area contributed by atoms with Crippen molar-refractivity contribution in [3.05, 3.63) is 77.9 Å². The summed E-state index contributed by atoms with van der Waals surface area (Å²) in [6, 6.07) is 19.8. The average molecular weight is 373 g/mol. The molecule has 5 nitrogen and oxygen atoms in total. The molecule has 5 heteroatoms. The van der Waals surface area contributed by atoms with Crippen LogP contribution in [0.1, 0.15) is 33.6 Å². The Bertz CT molecular complexity index is 1050. The van der Waals surface area contributed by atoms with E-state index in [1.54, 1.807) is 41.3 Å². The van der Waals surface area contributed by atoms with Gasteiger partial charge in [-0.2, -0.15) is 0 Å². The fourth-order valence-corrected chi connectivity index (χ4v) is 3.44. The standard InChI is InChI=1S/C23H19NO4/c25-21(17-10-12-18(13-11-17)24-14-4-9-22(24)26)15-28-23(27)20-8-3-6-16-5-1-2-7-19(16)20/h1-3,5-8,10-13H,4,9,14-15H2. The Morgan fingerprint density at radius 3 is 2.43 bits per heavy atom. The van der Waals surface area contributed by atoms with Crippen LogP contribution >= 0.6 is 0 Å². The molecule has 140 valence electrons. The summed E-state index contributed by atoms with van der Waals surface area (Å²) in [6.45, 7) is 0.374. The van der Waals surface area contributed by atoms with Crippen molar-refractivity contribution in [1.29, 1.82) is 0 Å². The Kier molecular flexibility index (Phi) is 4.89. The van der Waals surface area contributed by atoms with E-state index in [4.69, 9.17) is 4.74 Å². The van der Waals surface area contributed by atoms with Crippen molar-refractivity contribution >= 4 is 34.1 Å². The third-order valence-corrected chi connectivity index (χ3v) is 4.92. The number of ketones is 1. The highest BCUT2D eigenvalue weighted by atomic mass is 16.5. The molecule has 1 aliphatic heterocycles. The Labute approximate surface area is 162 Å². The molecule has 1 amide bonds. The molecule has 1 fully saturated rings. The predicted molar refractivity (Wildman–Crippen MR) is 107 cm³/mol. The molecule has 4 rings (SSSR count). The Balaban J connectivity index is 1.42. The number of hydrogen-bond acceptors (Lipinski definition) is 4. The lowest BCUT2D eigenvalue weighted by atomic mass is 10.0. The van der Waals surface area contributed by atoms with Crippen molar-refractivity contribution < 1.29 is 19.1 Å². The maximum absolute atomic E-state index is 12.4. The van der Waals surface area contributed by atoms with Crippen molar-refractivity contribution in [3.8, 4) is 0 Å². The number of rotatable bonds is 5. The zero-order valence-corrected chi connectivity index (χ0v) is 15.3. The Morgan fingerprint density at radius 1 is 0.929 bits per heavy atom. The van der Waals surface area contributed by atoms with Gasteiger partial charge in [0.15, 0.2) is 12.4 Å². The van der Waals surface area contributed by atoms with Crippen molar-refractivity contribution in [1.82, 2.24) is 0 Å². The second-order valence-electron chi connectivity index (χ2n) is 6.72. The molecule has 28 heavy (non-hydrogen) atoms. The fourth-order valence-electron chi connectivity index (χ4n) is 3.44. The molecular weight excluding hydrogens is 354 g/mol. The van der Waals surface area contributed by atoms with Crippen molar-refractivity contribution in [2.75, 3.05) is 18.1 Å². The van der Waals surface area contributed by atoms with Crippen LogP contribution in [0, 0.1) is 0 Å². The van der Waals surface area contributed by atoms with Gasteiger partial charge < -0.3 is 9.64 Å². The minimum atomic E-state index is -0.524. The quantitative estimate of drug-likeness (QED) is 0.501. The number of hydrogen-bond donors (Lipinski definition) is 0. The maximum atomic E-state index is 12.4. The third-order valence-electron chi connectivity index (χ3n) is 4.92. The molecule has 0 unspecified atom stereocenters. The minimum Gasteiger partial charge on any atom is -0.454 e. The average Bonchev–Trinajstić information content (AvgIpc) is 3.17. The van der Waals surface area contributed by atoms with E-state index in [2.05, 4.69) is 0 Å². The van der Waals surface area contributed by atoms with Gasteiger partial charge in [0.05, 0.1) is 5.56 Å². The van der Waals surface area contributed by atoms with Gasteiger partial charge in [0.25, 0.3) is 0 Å². The van der Waals surface area contributed by atoms with Crippen LogP contribution in [0.5, 0.6) is 0 Å². The number of benzene rings is 3. The second-order valence-corrected chi connectivity index (χ2v) is 6.72. The molecule has 0 spiro atoms. The highest BCUT2D eigenvalue weighted by Gasteiger charge is 2.22. The molecule has 0 atom stereocenters. The first-order valence-electron chi connectivity index (χ1n) is 9.22. The van der Waals surface area contributed by atoms with Gasteiger partial charge in [-0.15, -0.1) is 0 Å². The summed E-state index contributed by atoms with van der Waals surface area (Å²) < 4.78 is 5.25. The first kappa shape index (κ1) is 17.9. The fraction of sp³-hybridized carbons (Fsp3) is 0.174. The molecule has 0 aliphatic carbocycles. The number of ether oxygens (including phenoxy) is 1. The number of anilines is 1. The number of fused-ring (bicyclic) bond motifs is 1. The van der Waals surface area contributed by atoms with Gasteiger partial charge in [-0.05, 0) is 47.5 Å². The van der Waals surface area contributed by atoms with E-state index in [9.17, 15) is 14.4 Å². The highest BCUT2D eigenvalue weighted by molar-refractivity contribution is 6.06. The molecule has 0 bridgehead atoms. The Morgan fingerprint density at radius 2 is 1.68 bits per heavy atom. The molecule has 1 saturated heterocycles. The van der Waals surface area contributed by atoms with Gasteiger partial charge in [-0.3, -0.25) is 9.59 Å². The van der Waals surface area contributed by atoms with Crippen LogP contribution < -0.4 is 4.90 Å². The van der Waals surface area contributed by atoms with Gasteiger partial charge in [-0.25, -0.2) is 4.79 Å². The lowest BCUT2D eigenvalue weighted by Gasteiger charge is -2.15. The topological polar surface area (TPSA) is 63.7 Å². The smallest absolute Gasteiger partial charge is 0.339 e. The van der Waals surface area contributed by atoms with Crippen LogP contribution in [-0.4, -0.2) is 30.8 Å². The van der Waals surface area contributed by atoms with Gasteiger partial charge in [0, 0.05) is 24.2 Å². The minimum absolute atomic E-state index is 0.100. The molecule has 1 heterocycles. The molecule has 0 aromatic heterocycles. The first-order chi connectivity index (χ1) is 13.6. The first-order valence-corrected chi connectivity index (χ1v) is 9.22. The van der Waals surface area contributed by atoms with Gasteiger partial charge in [-0.1, -0.05) is 36.4 Å². The SMILES string of the molecule is O=C(COC(=O)c1cccc2ccccc12)c1ccc(N2CCCC2=O)cc1. The number of nitrogens with zero attached hydrogens (tertiary/aromatic N) is 1. The summed E-state index contributed by atoms with van der Waals surface area (Å²) >= 11 is 0. The summed E-state index contributed by atoms with van der Waals surface area (Å²) in [6.07, 6.45) is 1.41. The largest absolute Gasteiger partial charge is 0.454 e. The van der Waals surface area contributed by atoms with Crippen LogP contribution in [0.15, 0.2) is 66.7 Å².